The van der Waals surface area contributed by atoms with Crippen molar-refractivity contribution in [2.75, 3.05) is 18.5 Å². The van der Waals surface area contributed by atoms with Crippen LogP contribution in [0.5, 0.6) is 5.75 Å². The molecule has 0 radical (unpaired) electrons. The van der Waals surface area contributed by atoms with E-state index in [0.717, 1.165) is 19.3 Å². The minimum absolute atomic E-state index is 0.118. The smallest absolute Gasteiger partial charge is 0.422 e. The molecule has 1 aliphatic rings. The highest BCUT2D eigenvalue weighted by molar-refractivity contribution is 5.90. The van der Waals surface area contributed by atoms with Gasteiger partial charge in [0, 0.05) is 23.8 Å². The molecule has 0 aliphatic carbocycles. The van der Waals surface area contributed by atoms with Gasteiger partial charge in [0.05, 0.1) is 0 Å². The lowest BCUT2D eigenvalue weighted by Gasteiger charge is -2.29. The first-order valence-corrected chi connectivity index (χ1v) is 8.54. The predicted molar refractivity (Wildman–Crippen MR) is 90.9 cm³/mol. The number of amides is 2. The number of anilines is 1. The van der Waals surface area contributed by atoms with Crippen molar-refractivity contribution in [3.8, 4) is 5.75 Å². The monoisotopic (exact) mass is 358 g/mol. The van der Waals surface area contributed by atoms with Crippen LogP contribution in [-0.4, -0.2) is 36.3 Å². The second-order valence-electron chi connectivity index (χ2n) is 6.80. The van der Waals surface area contributed by atoms with Crippen LogP contribution in [0.25, 0.3) is 0 Å². The van der Waals surface area contributed by atoms with Crippen molar-refractivity contribution >= 4 is 11.7 Å². The van der Waals surface area contributed by atoms with E-state index in [1.54, 1.807) is 24.0 Å². The van der Waals surface area contributed by atoms with Gasteiger partial charge in [-0.15, -0.1) is 0 Å². The zero-order valence-electron chi connectivity index (χ0n) is 14.8. The largest absolute Gasteiger partial charge is 0.484 e. The molecule has 1 aliphatic heterocycles. The average Bonchev–Trinajstić information content (AvgIpc) is 2.68. The summed E-state index contributed by atoms with van der Waals surface area (Å²) < 4.78 is 41.9. The molecule has 0 spiro atoms. The Labute approximate surface area is 146 Å². The summed E-state index contributed by atoms with van der Waals surface area (Å²) in [6.45, 7) is 5.10. The van der Waals surface area contributed by atoms with Crippen LogP contribution in [0, 0.1) is 12.8 Å². The zero-order valence-corrected chi connectivity index (χ0v) is 14.8. The molecule has 2 unspecified atom stereocenters. The summed E-state index contributed by atoms with van der Waals surface area (Å²) >= 11 is 0. The molecule has 2 amide bonds. The number of benzene rings is 1. The van der Waals surface area contributed by atoms with Crippen molar-refractivity contribution < 1.29 is 22.7 Å². The highest BCUT2D eigenvalue weighted by Gasteiger charge is 2.29. The maximum Gasteiger partial charge on any atom is 0.422 e. The Hall–Kier alpha value is -1.92. The number of halogens is 3. The molecule has 0 bridgehead atoms. The fourth-order valence-electron chi connectivity index (χ4n) is 3.06. The number of urea groups is 1. The Morgan fingerprint density at radius 2 is 2.04 bits per heavy atom. The SMILES string of the molecule is Cc1c(NC(=O)N2CC(C)CCCC2C)cccc1OCC(F)(F)F. The number of rotatable bonds is 3. The maximum atomic E-state index is 12.7. The van der Waals surface area contributed by atoms with E-state index in [4.69, 9.17) is 4.74 Å². The normalized spacial score (nSPS) is 21.6. The van der Waals surface area contributed by atoms with Crippen molar-refractivity contribution in [3.63, 3.8) is 0 Å². The number of alkyl halides is 3. The highest BCUT2D eigenvalue weighted by atomic mass is 19.4. The quantitative estimate of drug-likeness (QED) is 0.828. The summed E-state index contributed by atoms with van der Waals surface area (Å²) in [4.78, 5) is 14.5. The minimum Gasteiger partial charge on any atom is -0.484 e. The van der Waals surface area contributed by atoms with Crippen LogP contribution >= 0.6 is 0 Å². The van der Waals surface area contributed by atoms with Gasteiger partial charge in [-0.25, -0.2) is 4.79 Å². The van der Waals surface area contributed by atoms with Crippen LogP contribution in [0.1, 0.15) is 38.7 Å². The molecule has 0 saturated carbocycles. The summed E-state index contributed by atoms with van der Waals surface area (Å²) in [5.41, 5.74) is 0.949. The Morgan fingerprint density at radius 1 is 1.32 bits per heavy atom. The molecule has 1 heterocycles. The van der Waals surface area contributed by atoms with Crippen molar-refractivity contribution in [1.82, 2.24) is 4.90 Å². The average molecular weight is 358 g/mol. The summed E-state index contributed by atoms with van der Waals surface area (Å²) in [6.07, 6.45) is -1.27. The van der Waals surface area contributed by atoms with Gasteiger partial charge in [0.1, 0.15) is 5.75 Å². The first kappa shape index (κ1) is 19.4. The summed E-state index contributed by atoms with van der Waals surface area (Å²) in [7, 11) is 0. The Bertz CT molecular complexity index is 604. The molecule has 2 atom stereocenters. The van der Waals surface area contributed by atoms with Gasteiger partial charge in [0.2, 0.25) is 0 Å². The number of nitrogens with zero attached hydrogens (tertiary/aromatic N) is 1. The van der Waals surface area contributed by atoms with Crippen molar-refractivity contribution in [1.29, 1.82) is 0 Å². The van der Waals surface area contributed by atoms with Gasteiger partial charge in [-0.1, -0.05) is 19.4 Å². The molecular weight excluding hydrogens is 333 g/mol. The molecule has 1 aromatic rings. The molecule has 4 nitrogen and oxygen atoms in total. The second-order valence-corrected chi connectivity index (χ2v) is 6.80. The Morgan fingerprint density at radius 3 is 2.72 bits per heavy atom. The summed E-state index contributed by atoms with van der Waals surface area (Å²) in [5, 5.41) is 2.82. The summed E-state index contributed by atoms with van der Waals surface area (Å²) in [6, 6.07) is 4.61. The third kappa shape index (κ3) is 5.54. The number of ether oxygens (including phenoxy) is 1. The molecule has 0 aromatic heterocycles. The third-order valence-corrected chi connectivity index (χ3v) is 4.54. The first-order chi connectivity index (χ1) is 11.7. The van der Waals surface area contributed by atoms with Gasteiger partial charge in [-0.05, 0) is 44.7 Å². The minimum atomic E-state index is -4.40. The molecule has 1 saturated heterocycles. The van der Waals surface area contributed by atoms with Crippen LogP contribution in [0.4, 0.5) is 23.7 Å². The molecule has 1 aromatic carbocycles. The lowest BCUT2D eigenvalue weighted by Crippen LogP contribution is -2.42. The number of hydrogen-bond donors (Lipinski definition) is 1. The third-order valence-electron chi connectivity index (χ3n) is 4.54. The van der Waals surface area contributed by atoms with E-state index < -0.39 is 12.8 Å². The van der Waals surface area contributed by atoms with Crippen molar-refractivity contribution in [2.45, 2.75) is 52.3 Å². The standard InChI is InChI=1S/C18H25F3N2O2/c1-12-6-4-7-13(2)23(10-12)17(24)22-15-8-5-9-16(14(15)3)25-11-18(19,20)21/h5,8-9,12-13H,4,6-7,10-11H2,1-3H3,(H,22,24). The van der Waals surface area contributed by atoms with E-state index in [1.165, 1.54) is 6.07 Å². The second kappa shape index (κ2) is 7.97. The fourth-order valence-corrected chi connectivity index (χ4v) is 3.06. The van der Waals surface area contributed by atoms with Crippen LogP contribution in [-0.2, 0) is 0 Å². The van der Waals surface area contributed by atoms with Gasteiger partial charge in [-0.3, -0.25) is 0 Å². The number of likely N-dealkylation sites (tertiary alicyclic amines) is 1. The van der Waals surface area contributed by atoms with Gasteiger partial charge < -0.3 is 15.0 Å². The van der Waals surface area contributed by atoms with E-state index in [2.05, 4.69) is 12.2 Å². The number of carbonyl (C=O) groups is 1. The van der Waals surface area contributed by atoms with Crippen LogP contribution in [0.2, 0.25) is 0 Å². The lowest BCUT2D eigenvalue weighted by atomic mass is 10.1. The zero-order chi connectivity index (χ0) is 18.6. The highest BCUT2D eigenvalue weighted by Crippen LogP contribution is 2.28. The van der Waals surface area contributed by atoms with Crippen LogP contribution < -0.4 is 10.1 Å². The van der Waals surface area contributed by atoms with E-state index >= 15 is 0 Å². The van der Waals surface area contributed by atoms with E-state index in [0.29, 0.717) is 23.7 Å². The molecule has 25 heavy (non-hydrogen) atoms. The van der Waals surface area contributed by atoms with Crippen molar-refractivity contribution in [2.24, 2.45) is 5.92 Å². The van der Waals surface area contributed by atoms with E-state index in [1.807, 2.05) is 6.92 Å². The van der Waals surface area contributed by atoms with E-state index in [9.17, 15) is 18.0 Å². The van der Waals surface area contributed by atoms with Crippen molar-refractivity contribution in [3.05, 3.63) is 23.8 Å². The molecular formula is C18H25F3N2O2. The number of hydrogen-bond acceptors (Lipinski definition) is 2. The molecule has 140 valence electrons. The number of nitrogens with one attached hydrogen (secondary N) is 1. The van der Waals surface area contributed by atoms with Gasteiger partial charge in [0.15, 0.2) is 6.61 Å². The Balaban J connectivity index is 2.09. The topological polar surface area (TPSA) is 41.6 Å². The Kier molecular flexibility index (Phi) is 6.19. The van der Waals surface area contributed by atoms with Gasteiger partial charge >= 0.3 is 12.2 Å². The van der Waals surface area contributed by atoms with Crippen LogP contribution in [0.15, 0.2) is 18.2 Å². The number of carbonyl (C=O) groups excluding carboxylic acids is 1. The molecule has 7 heteroatoms. The first-order valence-electron chi connectivity index (χ1n) is 8.54. The van der Waals surface area contributed by atoms with E-state index in [-0.39, 0.29) is 17.8 Å². The molecule has 2 rings (SSSR count). The predicted octanol–water partition coefficient (Wildman–Crippen LogP) is 4.98. The molecule has 1 fully saturated rings. The maximum absolute atomic E-state index is 12.7. The summed E-state index contributed by atoms with van der Waals surface area (Å²) in [5.74, 6) is 0.547. The van der Waals surface area contributed by atoms with Gasteiger partial charge in [-0.2, -0.15) is 13.2 Å². The van der Waals surface area contributed by atoms with Crippen LogP contribution in [0.3, 0.4) is 0 Å². The lowest BCUT2D eigenvalue weighted by molar-refractivity contribution is -0.153. The fraction of sp³-hybridized carbons (Fsp3) is 0.611. The van der Waals surface area contributed by atoms with Gasteiger partial charge in [0.25, 0.3) is 0 Å². The molecule has 1 N–H and O–H groups in total.